The van der Waals surface area contributed by atoms with Crippen molar-refractivity contribution < 1.29 is 42.1 Å². The van der Waals surface area contributed by atoms with Gasteiger partial charge in [0.25, 0.3) is 7.82 Å². The van der Waals surface area contributed by atoms with Crippen LogP contribution in [0.15, 0.2) is 48.6 Å². The second-order valence-electron chi connectivity index (χ2n) is 15.7. The van der Waals surface area contributed by atoms with Crippen molar-refractivity contribution in [2.24, 2.45) is 0 Å². The number of hydrogen-bond donors (Lipinski definition) is 0. The van der Waals surface area contributed by atoms with Crippen LogP contribution in [0.3, 0.4) is 0 Å². The van der Waals surface area contributed by atoms with Crippen LogP contribution in [0, 0.1) is 0 Å². The Morgan fingerprint density at radius 1 is 0.564 bits per heavy atom. The highest BCUT2D eigenvalue weighted by atomic mass is 31.2. The fourth-order valence-electron chi connectivity index (χ4n) is 5.65. The topological polar surface area (TPSA) is 111 Å². The quantitative estimate of drug-likeness (QED) is 0.0199. The number of carbonyl (C=O) groups excluding carboxylic acids is 2. The van der Waals surface area contributed by atoms with Crippen molar-refractivity contribution >= 4 is 19.8 Å². The number of allylic oxidation sites excluding steroid dienone is 8. The summed E-state index contributed by atoms with van der Waals surface area (Å²) in [5.41, 5.74) is 0. The summed E-state index contributed by atoms with van der Waals surface area (Å²) < 4.78 is 33.8. The van der Waals surface area contributed by atoms with Crippen molar-refractivity contribution in [2.75, 3.05) is 47.5 Å². The first-order valence-corrected chi connectivity index (χ1v) is 23.3. The molecule has 0 bridgehead atoms. The minimum absolute atomic E-state index is 0.0394. The number of esters is 2. The molecular formula is C45H82NO8P. The highest BCUT2D eigenvalue weighted by Gasteiger charge is 2.21. The third-order valence-corrected chi connectivity index (χ3v) is 10.1. The minimum atomic E-state index is -4.63. The lowest BCUT2D eigenvalue weighted by Gasteiger charge is -2.28. The van der Waals surface area contributed by atoms with Crippen LogP contribution in [0.2, 0.25) is 0 Å². The van der Waals surface area contributed by atoms with Crippen molar-refractivity contribution in [2.45, 2.75) is 180 Å². The van der Waals surface area contributed by atoms with Crippen molar-refractivity contribution in [3.63, 3.8) is 0 Å². The number of hydrogen-bond acceptors (Lipinski definition) is 8. The van der Waals surface area contributed by atoms with Gasteiger partial charge in [-0.05, 0) is 51.4 Å². The number of carbonyl (C=O) groups is 2. The Morgan fingerprint density at radius 3 is 1.51 bits per heavy atom. The van der Waals surface area contributed by atoms with E-state index < -0.39 is 32.5 Å². The fourth-order valence-corrected chi connectivity index (χ4v) is 6.37. The molecule has 0 saturated heterocycles. The Kier molecular flexibility index (Phi) is 36.2. The van der Waals surface area contributed by atoms with Crippen molar-refractivity contribution in [1.29, 1.82) is 0 Å². The number of phosphoric ester groups is 1. The Hall–Kier alpha value is -2.03. The van der Waals surface area contributed by atoms with Crippen LogP contribution in [0.1, 0.15) is 174 Å². The van der Waals surface area contributed by atoms with E-state index in [0.717, 1.165) is 44.9 Å². The van der Waals surface area contributed by atoms with E-state index in [9.17, 15) is 19.0 Å². The maximum Gasteiger partial charge on any atom is 0.306 e. The molecule has 0 N–H and O–H groups in total. The molecule has 0 heterocycles. The summed E-state index contributed by atoms with van der Waals surface area (Å²) in [6, 6.07) is 0. The van der Waals surface area contributed by atoms with Crippen LogP contribution in [0.4, 0.5) is 0 Å². The van der Waals surface area contributed by atoms with Crippen molar-refractivity contribution in [3.05, 3.63) is 48.6 Å². The third kappa shape index (κ3) is 41.4. The van der Waals surface area contributed by atoms with E-state index in [0.29, 0.717) is 23.9 Å². The van der Waals surface area contributed by atoms with Crippen LogP contribution in [-0.2, 0) is 32.7 Å². The summed E-state index contributed by atoms with van der Waals surface area (Å²) in [5.74, 6) is -0.899. The fraction of sp³-hybridized carbons (Fsp3) is 0.778. The number of ether oxygens (including phenoxy) is 2. The SMILES string of the molecule is CCCCC/C=C\C/C=C\C/C=C\C/C=C\CCCC(=O)OC[C@H](COP(=O)([O-])OCC[N+](C)(C)C)OC(=O)CCCCCCCCCCCCCCCC. The van der Waals surface area contributed by atoms with E-state index in [-0.39, 0.29) is 26.1 Å². The minimum Gasteiger partial charge on any atom is -0.756 e. The molecule has 0 radical (unpaired) electrons. The number of nitrogens with zero attached hydrogens (tertiary/aromatic N) is 1. The van der Waals surface area contributed by atoms with Gasteiger partial charge in [0.15, 0.2) is 6.10 Å². The molecule has 10 heteroatoms. The second-order valence-corrected chi connectivity index (χ2v) is 17.1. The summed E-state index contributed by atoms with van der Waals surface area (Å²) in [6.45, 7) is 4.13. The summed E-state index contributed by atoms with van der Waals surface area (Å²) in [4.78, 5) is 37.5. The standard InChI is InChI=1S/C45H82NO8P/c1-6-8-10-12-14-16-18-20-22-23-24-26-27-29-31-33-35-37-44(47)51-41-43(42-53-55(49,50)52-40-39-46(3,4)5)54-45(48)38-36-34-32-30-28-25-21-19-17-15-13-11-9-7-2/h14,16,20,22,24,26,29,31,43H,6-13,15,17-19,21,23,25,27-28,30,32-42H2,1-5H3/b16-14-,22-20-,26-24-,31-29-/t43-/m1/s1. The molecule has 0 amide bonds. The number of quaternary nitrogens is 1. The van der Waals surface area contributed by atoms with E-state index in [1.165, 1.54) is 89.9 Å². The van der Waals surface area contributed by atoms with Gasteiger partial charge in [-0.2, -0.15) is 0 Å². The highest BCUT2D eigenvalue weighted by molar-refractivity contribution is 7.45. The van der Waals surface area contributed by atoms with Crippen molar-refractivity contribution in [3.8, 4) is 0 Å². The summed E-state index contributed by atoms with van der Waals surface area (Å²) in [5, 5.41) is 0. The molecule has 0 aliphatic carbocycles. The average molecular weight is 796 g/mol. The van der Waals surface area contributed by atoms with Gasteiger partial charge in [-0.1, -0.05) is 159 Å². The number of unbranched alkanes of at least 4 members (excludes halogenated alkanes) is 17. The van der Waals surface area contributed by atoms with Crippen molar-refractivity contribution in [1.82, 2.24) is 0 Å². The molecule has 0 saturated carbocycles. The monoisotopic (exact) mass is 796 g/mol. The molecular weight excluding hydrogens is 713 g/mol. The number of rotatable bonds is 39. The van der Waals surface area contributed by atoms with Gasteiger partial charge in [-0.25, -0.2) is 0 Å². The van der Waals surface area contributed by atoms with E-state index in [1.807, 2.05) is 21.1 Å². The van der Waals surface area contributed by atoms with Gasteiger partial charge in [-0.3, -0.25) is 14.2 Å². The van der Waals surface area contributed by atoms with Crippen LogP contribution < -0.4 is 4.89 Å². The lowest BCUT2D eigenvalue weighted by molar-refractivity contribution is -0.870. The van der Waals surface area contributed by atoms with Gasteiger partial charge >= 0.3 is 11.9 Å². The Morgan fingerprint density at radius 2 is 1.00 bits per heavy atom. The van der Waals surface area contributed by atoms with Crippen LogP contribution in [0.5, 0.6) is 0 Å². The molecule has 320 valence electrons. The lowest BCUT2D eigenvalue weighted by atomic mass is 10.0. The molecule has 0 aliphatic rings. The molecule has 1 unspecified atom stereocenters. The van der Waals surface area contributed by atoms with E-state index in [4.69, 9.17) is 18.5 Å². The first-order valence-electron chi connectivity index (χ1n) is 21.8. The Balaban J connectivity index is 4.46. The zero-order valence-electron chi connectivity index (χ0n) is 35.9. The maximum atomic E-state index is 12.7. The Labute approximate surface area is 337 Å². The van der Waals surface area contributed by atoms with Crippen LogP contribution in [0.25, 0.3) is 0 Å². The largest absolute Gasteiger partial charge is 0.756 e. The highest BCUT2D eigenvalue weighted by Crippen LogP contribution is 2.38. The molecule has 0 fully saturated rings. The first-order chi connectivity index (χ1) is 26.5. The summed E-state index contributed by atoms with van der Waals surface area (Å²) >= 11 is 0. The van der Waals surface area contributed by atoms with Gasteiger partial charge in [0.05, 0.1) is 27.7 Å². The molecule has 0 aromatic carbocycles. The third-order valence-electron chi connectivity index (χ3n) is 9.10. The summed E-state index contributed by atoms with van der Waals surface area (Å²) in [6.07, 6.45) is 42.8. The first kappa shape index (κ1) is 53.0. The van der Waals surface area contributed by atoms with Gasteiger partial charge < -0.3 is 27.9 Å². The zero-order chi connectivity index (χ0) is 40.7. The molecule has 0 aliphatic heterocycles. The van der Waals surface area contributed by atoms with Crippen LogP contribution in [-0.4, -0.2) is 70.0 Å². The van der Waals surface area contributed by atoms with E-state index in [2.05, 4.69) is 62.5 Å². The number of likely N-dealkylation sites (N-methyl/N-ethyl adjacent to an activating group) is 1. The van der Waals surface area contributed by atoms with Gasteiger partial charge in [0.1, 0.15) is 19.8 Å². The normalized spacial score (nSPS) is 14.1. The number of phosphoric acid groups is 1. The second kappa shape index (κ2) is 37.5. The summed E-state index contributed by atoms with van der Waals surface area (Å²) in [7, 11) is 1.14. The van der Waals surface area contributed by atoms with E-state index in [1.54, 1.807) is 0 Å². The predicted molar refractivity (Wildman–Crippen MR) is 227 cm³/mol. The molecule has 0 aromatic heterocycles. The Bertz CT molecular complexity index is 1080. The molecule has 0 aromatic rings. The van der Waals surface area contributed by atoms with Gasteiger partial charge in [-0.15, -0.1) is 0 Å². The molecule has 9 nitrogen and oxygen atoms in total. The maximum absolute atomic E-state index is 12.7. The lowest BCUT2D eigenvalue weighted by Crippen LogP contribution is -2.37. The molecule has 0 rings (SSSR count). The zero-order valence-corrected chi connectivity index (χ0v) is 36.8. The smallest absolute Gasteiger partial charge is 0.306 e. The predicted octanol–water partition coefficient (Wildman–Crippen LogP) is 11.7. The van der Waals surface area contributed by atoms with Gasteiger partial charge in [0.2, 0.25) is 0 Å². The molecule has 2 atom stereocenters. The average Bonchev–Trinajstić information content (AvgIpc) is 3.13. The molecule has 55 heavy (non-hydrogen) atoms. The van der Waals surface area contributed by atoms with Gasteiger partial charge in [0, 0.05) is 12.8 Å². The molecule has 0 spiro atoms. The van der Waals surface area contributed by atoms with Crippen LogP contribution >= 0.6 is 7.82 Å². The van der Waals surface area contributed by atoms with E-state index >= 15 is 0 Å².